The van der Waals surface area contributed by atoms with E-state index in [1.807, 2.05) is 4.57 Å². The van der Waals surface area contributed by atoms with E-state index in [1.165, 1.54) is 26.0 Å². The van der Waals surface area contributed by atoms with Gasteiger partial charge in [0.1, 0.15) is 17.3 Å². The molecule has 3 N–H and O–H groups in total. The van der Waals surface area contributed by atoms with E-state index in [0.717, 1.165) is 0 Å². The van der Waals surface area contributed by atoms with Crippen LogP contribution >= 0.6 is 23.4 Å². The van der Waals surface area contributed by atoms with Gasteiger partial charge in [0.05, 0.1) is 30.7 Å². The molecule has 0 radical (unpaired) electrons. The number of rotatable bonds is 11. The number of carbonyl (C=O) groups excluding carboxylic acids is 2. The number of amides is 2. The normalized spacial score (nSPS) is 10.9. The molecule has 0 aliphatic heterocycles. The summed E-state index contributed by atoms with van der Waals surface area (Å²) in [5.41, 5.74) is 5.68. The van der Waals surface area contributed by atoms with Crippen LogP contribution in [0.15, 0.2) is 17.3 Å². The summed E-state index contributed by atoms with van der Waals surface area (Å²) >= 11 is 7.41. The number of methoxy groups -OCH3 is 2. The molecule has 164 valence electrons. The summed E-state index contributed by atoms with van der Waals surface area (Å²) in [5, 5.41) is 12.1. The first-order chi connectivity index (χ1) is 14.2. The number of aryl methyl sites for hydroxylation is 1. The lowest BCUT2D eigenvalue weighted by atomic mass is 10.2. The van der Waals surface area contributed by atoms with Gasteiger partial charge >= 0.3 is 0 Å². The van der Waals surface area contributed by atoms with E-state index in [-0.39, 0.29) is 18.1 Å². The summed E-state index contributed by atoms with van der Waals surface area (Å²) in [4.78, 5) is 23.6. The fourth-order valence-electron chi connectivity index (χ4n) is 2.67. The maximum Gasteiger partial charge on any atom is 0.234 e. The minimum atomic E-state index is -0.394. The van der Waals surface area contributed by atoms with Crippen LogP contribution in [0.3, 0.4) is 0 Å². The third-order valence-electron chi connectivity index (χ3n) is 4.02. The molecule has 0 saturated heterocycles. The van der Waals surface area contributed by atoms with Gasteiger partial charge in [-0.3, -0.25) is 9.59 Å². The van der Waals surface area contributed by atoms with Crippen molar-refractivity contribution in [1.29, 1.82) is 0 Å². The Morgan fingerprint density at radius 3 is 2.53 bits per heavy atom. The van der Waals surface area contributed by atoms with Crippen molar-refractivity contribution < 1.29 is 19.1 Å². The quantitative estimate of drug-likeness (QED) is 0.499. The number of carbonyl (C=O) groups is 2. The fourth-order valence-corrected chi connectivity index (χ4v) is 3.68. The van der Waals surface area contributed by atoms with Crippen LogP contribution in [0.5, 0.6) is 11.5 Å². The van der Waals surface area contributed by atoms with Crippen LogP contribution in [-0.2, 0) is 22.6 Å². The zero-order valence-electron chi connectivity index (χ0n) is 17.4. The summed E-state index contributed by atoms with van der Waals surface area (Å²) in [6.07, 6.45) is 0.600. The molecule has 11 heteroatoms. The molecule has 0 spiro atoms. The predicted octanol–water partition coefficient (Wildman–Crippen LogP) is 2.75. The number of hydrogen-bond acceptors (Lipinski definition) is 7. The number of benzene rings is 1. The number of nitrogens with zero attached hydrogens (tertiary/aromatic N) is 3. The number of hydrogen-bond donors (Lipinski definition) is 2. The highest BCUT2D eigenvalue weighted by Gasteiger charge is 2.17. The fraction of sp³-hybridized carbons (Fsp3) is 0.474. The topological polar surface area (TPSA) is 121 Å². The number of primary amides is 1. The number of nitrogens with one attached hydrogen (secondary N) is 1. The lowest BCUT2D eigenvalue weighted by Crippen LogP contribution is -2.17. The van der Waals surface area contributed by atoms with Crippen LogP contribution in [0.4, 0.5) is 5.69 Å². The number of anilines is 1. The lowest BCUT2D eigenvalue weighted by molar-refractivity contribution is -0.118. The molecule has 2 rings (SSSR count). The molecule has 0 atom stereocenters. The SMILES string of the molecule is COc1cc(OC)c(NC(=O)CSc2nnc(CCC(N)=O)n2CC(C)C)cc1Cl. The molecule has 0 fully saturated rings. The molecule has 0 saturated carbocycles. The Morgan fingerprint density at radius 1 is 1.23 bits per heavy atom. The minimum Gasteiger partial charge on any atom is -0.495 e. The smallest absolute Gasteiger partial charge is 0.234 e. The van der Waals surface area contributed by atoms with Crippen molar-refractivity contribution in [1.82, 2.24) is 14.8 Å². The highest BCUT2D eigenvalue weighted by molar-refractivity contribution is 7.99. The van der Waals surface area contributed by atoms with Crippen molar-refractivity contribution in [2.45, 2.75) is 38.4 Å². The van der Waals surface area contributed by atoms with Gasteiger partial charge in [0.2, 0.25) is 11.8 Å². The van der Waals surface area contributed by atoms with Gasteiger partial charge in [0, 0.05) is 25.5 Å². The molecule has 2 aromatic rings. The zero-order chi connectivity index (χ0) is 22.3. The third-order valence-corrected chi connectivity index (χ3v) is 5.28. The average molecular weight is 456 g/mol. The van der Waals surface area contributed by atoms with Crippen molar-refractivity contribution in [2.75, 3.05) is 25.3 Å². The largest absolute Gasteiger partial charge is 0.495 e. The Labute approximate surface area is 184 Å². The predicted molar refractivity (Wildman–Crippen MR) is 116 cm³/mol. The van der Waals surface area contributed by atoms with Crippen LogP contribution in [0, 0.1) is 5.92 Å². The summed E-state index contributed by atoms with van der Waals surface area (Å²) < 4.78 is 12.4. The molecule has 1 aromatic heterocycles. The molecular formula is C19H26ClN5O4S. The van der Waals surface area contributed by atoms with Crippen molar-refractivity contribution in [3.05, 3.63) is 23.0 Å². The summed E-state index contributed by atoms with van der Waals surface area (Å²) in [6.45, 7) is 4.81. The number of thioether (sulfide) groups is 1. The molecule has 1 heterocycles. The van der Waals surface area contributed by atoms with Gasteiger partial charge in [-0.05, 0) is 12.0 Å². The van der Waals surface area contributed by atoms with E-state index in [1.54, 1.807) is 12.1 Å². The molecule has 0 aliphatic rings. The van der Waals surface area contributed by atoms with E-state index < -0.39 is 5.91 Å². The highest BCUT2D eigenvalue weighted by atomic mass is 35.5. The molecule has 0 unspecified atom stereocenters. The van der Waals surface area contributed by atoms with Gasteiger partial charge in [-0.2, -0.15) is 0 Å². The van der Waals surface area contributed by atoms with Gasteiger partial charge in [-0.15, -0.1) is 10.2 Å². The number of nitrogens with two attached hydrogens (primary N) is 1. The Morgan fingerprint density at radius 2 is 1.93 bits per heavy atom. The summed E-state index contributed by atoms with van der Waals surface area (Å²) in [5.74, 6) is 1.37. The Kier molecular flexibility index (Phi) is 8.79. The maximum absolute atomic E-state index is 12.5. The Hall–Kier alpha value is -2.46. The second-order valence-corrected chi connectivity index (χ2v) is 8.24. The molecular weight excluding hydrogens is 430 g/mol. The third kappa shape index (κ3) is 6.53. The van der Waals surface area contributed by atoms with Gasteiger partial charge in [-0.25, -0.2) is 0 Å². The summed E-state index contributed by atoms with van der Waals surface area (Å²) in [7, 11) is 3.00. The van der Waals surface area contributed by atoms with E-state index >= 15 is 0 Å². The van der Waals surface area contributed by atoms with Gasteiger partial charge in [-0.1, -0.05) is 37.2 Å². The van der Waals surface area contributed by atoms with E-state index in [2.05, 4.69) is 29.4 Å². The van der Waals surface area contributed by atoms with E-state index in [0.29, 0.717) is 52.1 Å². The first kappa shape index (κ1) is 23.8. The first-order valence-corrected chi connectivity index (χ1v) is 10.7. The standard InChI is InChI=1S/C19H26ClN5O4S/c1-11(2)9-25-17(6-5-16(21)26)23-24-19(25)30-10-18(27)22-13-7-12(20)14(28-3)8-15(13)29-4/h7-8,11H,5-6,9-10H2,1-4H3,(H2,21,26)(H,22,27). The first-order valence-electron chi connectivity index (χ1n) is 9.29. The Balaban J connectivity index is 2.09. The second-order valence-electron chi connectivity index (χ2n) is 6.89. The van der Waals surface area contributed by atoms with Gasteiger partial charge in [0.25, 0.3) is 0 Å². The Bertz CT molecular complexity index is 903. The van der Waals surface area contributed by atoms with Gasteiger partial charge in [0.15, 0.2) is 5.16 Å². The van der Waals surface area contributed by atoms with Crippen molar-refractivity contribution in [3.8, 4) is 11.5 Å². The van der Waals surface area contributed by atoms with E-state index in [9.17, 15) is 9.59 Å². The lowest BCUT2D eigenvalue weighted by Gasteiger charge is -2.14. The maximum atomic E-state index is 12.5. The summed E-state index contributed by atoms with van der Waals surface area (Å²) in [6, 6.07) is 3.18. The van der Waals surface area contributed by atoms with Crippen LogP contribution in [0.2, 0.25) is 5.02 Å². The van der Waals surface area contributed by atoms with Crippen molar-refractivity contribution >= 4 is 40.9 Å². The molecule has 0 bridgehead atoms. The van der Waals surface area contributed by atoms with Crippen LogP contribution < -0.4 is 20.5 Å². The average Bonchev–Trinajstić information content (AvgIpc) is 3.05. The molecule has 30 heavy (non-hydrogen) atoms. The highest BCUT2D eigenvalue weighted by Crippen LogP contribution is 2.36. The molecule has 2 amide bonds. The van der Waals surface area contributed by atoms with Crippen LogP contribution in [0.1, 0.15) is 26.1 Å². The minimum absolute atomic E-state index is 0.110. The second kappa shape index (κ2) is 11.1. The molecule has 0 aliphatic carbocycles. The zero-order valence-corrected chi connectivity index (χ0v) is 19.0. The number of halogens is 1. The monoisotopic (exact) mass is 455 g/mol. The number of aromatic nitrogens is 3. The number of ether oxygens (including phenoxy) is 2. The molecule has 9 nitrogen and oxygen atoms in total. The van der Waals surface area contributed by atoms with Gasteiger partial charge < -0.3 is 25.1 Å². The van der Waals surface area contributed by atoms with Crippen molar-refractivity contribution in [3.63, 3.8) is 0 Å². The van der Waals surface area contributed by atoms with Crippen molar-refractivity contribution in [2.24, 2.45) is 11.7 Å². The van der Waals surface area contributed by atoms with E-state index in [4.69, 9.17) is 26.8 Å². The van der Waals surface area contributed by atoms with Crippen LogP contribution in [-0.4, -0.2) is 46.6 Å². The molecule has 1 aromatic carbocycles. The van der Waals surface area contributed by atoms with Crippen LogP contribution in [0.25, 0.3) is 0 Å².